The van der Waals surface area contributed by atoms with Crippen molar-refractivity contribution in [1.29, 1.82) is 0 Å². The van der Waals surface area contributed by atoms with E-state index in [2.05, 4.69) is 17.1 Å². The predicted molar refractivity (Wildman–Crippen MR) is 77.7 cm³/mol. The Labute approximate surface area is 120 Å². The first-order valence-electron chi connectivity index (χ1n) is 6.54. The minimum absolute atomic E-state index is 0. The summed E-state index contributed by atoms with van der Waals surface area (Å²) in [6.45, 7) is 6.12. The summed E-state index contributed by atoms with van der Waals surface area (Å²) in [4.78, 5) is 2.40. The van der Waals surface area contributed by atoms with E-state index >= 15 is 0 Å². The van der Waals surface area contributed by atoms with Gasteiger partial charge in [-0.15, -0.1) is 12.4 Å². The van der Waals surface area contributed by atoms with Gasteiger partial charge in [-0.1, -0.05) is 6.92 Å². The van der Waals surface area contributed by atoms with Crippen molar-refractivity contribution < 1.29 is 9.13 Å². The van der Waals surface area contributed by atoms with Gasteiger partial charge in [0.15, 0.2) is 0 Å². The summed E-state index contributed by atoms with van der Waals surface area (Å²) in [5, 5.41) is 3.34. The number of nitrogens with one attached hydrogen (secondary N) is 1. The standard InChI is InChI=1S/C14H21FN2O.ClH/c1-3-13(17-8-6-16-7-9-17)12-10-11(15)4-5-14(12)18-2;/h4-5,10,13,16H,3,6-9H2,1-2H3;1H/t13-;/m0./s1. The molecule has 0 bridgehead atoms. The molecular weight excluding hydrogens is 267 g/mol. The molecule has 0 unspecified atom stereocenters. The molecule has 0 aliphatic carbocycles. The van der Waals surface area contributed by atoms with Gasteiger partial charge in [-0.2, -0.15) is 0 Å². The zero-order valence-electron chi connectivity index (χ0n) is 11.5. The molecule has 1 aromatic rings. The second-order valence-electron chi connectivity index (χ2n) is 4.60. The number of halogens is 2. The van der Waals surface area contributed by atoms with Crippen LogP contribution in [0.1, 0.15) is 24.9 Å². The van der Waals surface area contributed by atoms with Crippen LogP contribution in [-0.4, -0.2) is 38.2 Å². The third kappa shape index (κ3) is 3.81. The van der Waals surface area contributed by atoms with Crippen LogP contribution in [0, 0.1) is 5.82 Å². The predicted octanol–water partition coefficient (Wildman–Crippen LogP) is 2.61. The zero-order valence-corrected chi connectivity index (χ0v) is 12.3. The molecule has 1 aliphatic rings. The lowest BCUT2D eigenvalue weighted by Gasteiger charge is -2.35. The Kier molecular flexibility index (Phi) is 6.55. The van der Waals surface area contributed by atoms with Gasteiger partial charge < -0.3 is 10.1 Å². The highest BCUT2D eigenvalue weighted by Crippen LogP contribution is 2.32. The Hall–Kier alpha value is -0.840. The summed E-state index contributed by atoms with van der Waals surface area (Å²) < 4.78 is 18.8. The van der Waals surface area contributed by atoms with Crippen LogP contribution in [0.5, 0.6) is 5.75 Å². The molecule has 1 heterocycles. The van der Waals surface area contributed by atoms with Crippen LogP contribution in [0.3, 0.4) is 0 Å². The molecule has 1 atom stereocenters. The maximum atomic E-state index is 13.5. The first-order valence-corrected chi connectivity index (χ1v) is 6.54. The molecule has 0 aromatic heterocycles. The van der Waals surface area contributed by atoms with Gasteiger partial charge in [0.2, 0.25) is 0 Å². The number of benzene rings is 1. The summed E-state index contributed by atoms with van der Waals surface area (Å²) in [5.74, 6) is 0.584. The van der Waals surface area contributed by atoms with Crippen molar-refractivity contribution in [3.63, 3.8) is 0 Å². The lowest BCUT2D eigenvalue weighted by atomic mass is 10.0. The average Bonchev–Trinajstić information content (AvgIpc) is 2.41. The van der Waals surface area contributed by atoms with Crippen LogP contribution < -0.4 is 10.1 Å². The zero-order chi connectivity index (χ0) is 13.0. The van der Waals surface area contributed by atoms with Crippen molar-refractivity contribution >= 4 is 12.4 Å². The summed E-state index contributed by atoms with van der Waals surface area (Å²) in [5.41, 5.74) is 0.960. The quantitative estimate of drug-likeness (QED) is 0.922. The summed E-state index contributed by atoms with van der Waals surface area (Å²) >= 11 is 0. The fraction of sp³-hybridized carbons (Fsp3) is 0.571. The number of methoxy groups -OCH3 is 1. The molecule has 0 radical (unpaired) electrons. The Balaban J connectivity index is 0.00000180. The van der Waals surface area contributed by atoms with Crippen molar-refractivity contribution in [2.45, 2.75) is 19.4 Å². The number of hydrogen-bond acceptors (Lipinski definition) is 3. The van der Waals surface area contributed by atoms with Gasteiger partial charge in [0, 0.05) is 37.8 Å². The van der Waals surface area contributed by atoms with E-state index in [1.807, 2.05) is 0 Å². The topological polar surface area (TPSA) is 24.5 Å². The smallest absolute Gasteiger partial charge is 0.123 e. The SMILES string of the molecule is CC[C@@H](c1cc(F)ccc1OC)N1CCNCC1.Cl. The van der Waals surface area contributed by atoms with Gasteiger partial charge >= 0.3 is 0 Å². The molecule has 1 saturated heterocycles. The first-order chi connectivity index (χ1) is 8.76. The molecule has 3 nitrogen and oxygen atoms in total. The molecular formula is C14H22ClFN2O. The van der Waals surface area contributed by atoms with E-state index in [1.165, 1.54) is 6.07 Å². The highest BCUT2D eigenvalue weighted by molar-refractivity contribution is 5.85. The van der Waals surface area contributed by atoms with E-state index in [9.17, 15) is 4.39 Å². The normalized spacial score (nSPS) is 17.6. The average molecular weight is 289 g/mol. The molecule has 1 fully saturated rings. The molecule has 0 saturated carbocycles. The number of nitrogens with zero attached hydrogens (tertiary/aromatic N) is 1. The van der Waals surface area contributed by atoms with Crippen molar-refractivity contribution in [2.24, 2.45) is 0 Å². The van der Waals surface area contributed by atoms with Gasteiger partial charge in [0.05, 0.1) is 7.11 Å². The third-order valence-electron chi connectivity index (χ3n) is 3.53. The van der Waals surface area contributed by atoms with Gasteiger partial charge in [0.25, 0.3) is 0 Å². The minimum Gasteiger partial charge on any atom is -0.496 e. The maximum Gasteiger partial charge on any atom is 0.123 e. The second-order valence-corrected chi connectivity index (χ2v) is 4.60. The van der Waals surface area contributed by atoms with Crippen LogP contribution in [0.25, 0.3) is 0 Å². The van der Waals surface area contributed by atoms with Crippen LogP contribution in [0.15, 0.2) is 18.2 Å². The molecule has 5 heteroatoms. The number of piperazine rings is 1. The molecule has 0 amide bonds. The first kappa shape index (κ1) is 16.2. The Morgan fingerprint density at radius 2 is 2.05 bits per heavy atom. The lowest BCUT2D eigenvalue weighted by Crippen LogP contribution is -2.45. The van der Waals surface area contributed by atoms with Gasteiger partial charge in [0.1, 0.15) is 11.6 Å². The molecule has 1 aliphatic heterocycles. The maximum absolute atomic E-state index is 13.5. The Morgan fingerprint density at radius 1 is 1.37 bits per heavy atom. The van der Waals surface area contributed by atoms with E-state index in [4.69, 9.17) is 4.74 Å². The van der Waals surface area contributed by atoms with E-state index in [0.29, 0.717) is 0 Å². The van der Waals surface area contributed by atoms with Crippen LogP contribution in [0.4, 0.5) is 4.39 Å². The van der Waals surface area contributed by atoms with Crippen molar-refractivity contribution in [2.75, 3.05) is 33.3 Å². The monoisotopic (exact) mass is 288 g/mol. The molecule has 19 heavy (non-hydrogen) atoms. The van der Waals surface area contributed by atoms with Crippen molar-refractivity contribution in [3.8, 4) is 5.75 Å². The number of ether oxygens (including phenoxy) is 1. The van der Waals surface area contributed by atoms with Crippen LogP contribution >= 0.6 is 12.4 Å². The highest BCUT2D eigenvalue weighted by atomic mass is 35.5. The Bertz CT molecular complexity index is 397. The van der Waals surface area contributed by atoms with E-state index < -0.39 is 0 Å². The third-order valence-corrected chi connectivity index (χ3v) is 3.53. The summed E-state index contributed by atoms with van der Waals surface area (Å²) in [6, 6.07) is 5.01. The van der Waals surface area contributed by atoms with E-state index in [-0.39, 0.29) is 24.3 Å². The number of hydrogen-bond donors (Lipinski definition) is 1. The molecule has 1 aromatic carbocycles. The molecule has 0 spiro atoms. The van der Waals surface area contributed by atoms with Gasteiger partial charge in [-0.3, -0.25) is 4.90 Å². The van der Waals surface area contributed by atoms with Crippen molar-refractivity contribution in [3.05, 3.63) is 29.6 Å². The van der Waals surface area contributed by atoms with Gasteiger partial charge in [-0.25, -0.2) is 4.39 Å². The summed E-state index contributed by atoms with van der Waals surface area (Å²) in [7, 11) is 1.64. The van der Waals surface area contributed by atoms with Crippen LogP contribution in [0.2, 0.25) is 0 Å². The minimum atomic E-state index is -0.195. The lowest BCUT2D eigenvalue weighted by molar-refractivity contribution is 0.166. The molecule has 2 rings (SSSR count). The molecule has 108 valence electrons. The van der Waals surface area contributed by atoms with E-state index in [0.717, 1.165) is 43.9 Å². The fourth-order valence-corrected chi connectivity index (χ4v) is 2.63. The van der Waals surface area contributed by atoms with Crippen molar-refractivity contribution in [1.82, 2.24) is 10.2 Å². The highest BCUT2D eigenvalue weighted by Gasteiger charge is 2.23. The molecule has 1 N–H and O–H groups in total. The second kappa shape index (κ2) is 7.68. The van der Waals surface area contributed by atoms with Gasteiger partial charge in [-0.05, 0) is 24.6 Å². The van der Waals surface area contributed by atoms with Crippen LogP contribution in [-0.2, 0) is 0 Å². The Morgan fingerprint density at radius 3 is 2.63 bits per heavy atom. The number of rotatable bonds is 4. The largest absolute Gasteiger partial charge is 0.496 e. The van der Waals surface area contributed by atoms with E-state index in [1.54, 1.807) is 19.2 Å². The summed E-state index contributed by atoms with van der Waals surface area (Å²) in [6.07, 6.45) is 0.958. The fourth-order valence-electron chi connectivity index (χ4n) is 2.63.